The van der Waals surface area contributed by atoms with Gasteiger partial charge >= 0.3 is 0 Å². The Balaban J connectivity index is 1.81. The molecule has 0 saturated heterocycles. The molecular weight excluding hydrogens is 236 g/mol. The maximum Gasteiger partial charge on any atom is 0.134 e. The fourth-order valence-corrected chi connectivity index (χ4v) is 3.11. The summed E-state index contributed by atoms with van der Waals surface area (Å²) in [6, 6.07) is 8.98. The zero-order valence-corrected chi connectivity index (χ0v) is 11.3. The summed E-state index contributed by atoms with van der Waals surface area (Å²) in [6.07, 6.45) is 8.44. The molecule has 1 atom stereocenters. The Bertz CT molecular complexity index is 528. The lowest BCUT2D eigenvalue weighted by atomic mass is 9.94. The SMILES string of the molecule is NCC(NC1CCCCC1)c1coc2ccccc12. The zero-order valence-electron chi connectivity index (χ0n) is 11.3. The second-order valence-corrected chi connectivity index (χ2v) is 5.48. The van der Waals surface area contributed by atoms with Crippen LogP contribution in [0.5, 0.6) is 0 Å². The molecule has 1 heterocycles. The van der Waals surface area contributed by atoms with Gasteiger partial charge in [0.2, 0.25) is 0 Å². The Hall–Kier alpha value is -1.32. The lowest BCUT2D eigenvalue weighted by molar-refractivity contribution is 0.340. The summed E-state index contributed by atoms with van der Waals surface area (Å²) in [6.45, 7) is 0.611. The number of para-hydroxylation sites is 1. The molecular formula is C16H22N2O. The van der Waals surface area contributed by atoms with Crippen LogP contribution >= 0.6 is 0 Å². The minimum Gasteiger partial charge on any atom is -0.464 e. The number of rotatable bonds is 4. The summed E-state index contributed by atoms with van der Waals surface area (Å²) < 4.78 is 5.63. The number of fused-ring (bicyclic) bond motifs is 1. The highest BCUT2D eigenvalue weighted by molar-refractivity contribution is 5.81. The van der Waals surface area contributed by atoms with E-state index in [0.29, 0.717) is 12.6 Å². The molecule has 1 unspecified atom stereocenters. The molecule has 1 saturated carbocycles. The number of nitrogens with one attached hydrogen (secondary N) is 1. The number of nitrogens with two attached hydrogens (primary N) is 1. The van der Waals surface area contributed by atoms with E-state index < -0.39 is 0 Å². The second-order valence-electron chi connectivity index (χ2n) is 5.48. The third kappa shape index (κ3) is 2.67. The first-order valence-electron chi connectivity index (χ1n) is 7.30. The predicted molar refractivity (Wildman–Crippen MR) is 78.0 cm³/mol. The summed E-state index contributed by atoms with van der Waals surface area (Å²) >= 11 is 0. The standard InChI is InChI=1S/C16H22N2O/c17-10-15(18-12-6-2-1-3-7-12)14-11-19-16-9-5-4-8-13(14)16/h4-5,8-9,11-12,15,18H,1-3,6-7,10,17H2. The van der Waals surface area contributed by atoms with E-state index >= 15 is 0 Å². The van der Waals surface area contributed by atoms with Crippen molar-refractivity contribution in [1.29, 1.82) is 0 Å². The molecule has 0 amide bonds. The normalized spacial score (nSPS) is 18.8. The monoisotopic (exact) mass is 258 g/mol. The first kappa shape index (κ1) is 12.7. The molecule has 19 heavy (non-hydrogen) atoms. The van der Waals surface area contributed by atoms with Crippen LogP contribution in [0.25, 0.3) is 11.0 Å². The van der Waals surface area contributed by atoms with E-state index in [2.05, 4.69) is 17.4 Å². The van der Waals surface area contributed by atoms with Crippen LogP contribution in [0.3, 0.4) is 0 Å². The van der Waals surface area contributed by atoms with Crippen molar-refractivity contribution in [3.8, 4) is 0 Å². The van der Waals surface area contributed by atoms with Crippen molar-refractivity contribution in [1.82, 2.24) is 5.32 Å². The number of benzene rings is 1. The quantitative estimate of drug-likeness (QED) is 0.884. The van der Waals surface area contributed by atoms with E-state index in [4.69, 9.17) is 10.2 Å². The van der Waals surface area contributed by atoms with Gasteiger partial charge in [-0.1, -0.05) is 37.5 Å². The molecule has 3 heteroatoms. The Morgan fingerprint density at radius 3 is 2.79 bits per heavy atom. The number of hydrogen-bond acceptors (Lipinski definition) is 3. The van der Waals surface area contributed by atoms with Crippen molar-refractivity contribution < 1.29 is 4.42 Å². The van der Waals surface area contributed by atoms with Crippen LogP contribution in [0.2, 0.25) is 0 Å². The van der Waals surface area contributed by atoms with E-state index in [1.54, 1.807) is 0 Å². The minimum atomic E-state index is 0.201. The summed E-state index contributed by atoms with van der Waals surface area (Å²) in [5.41, 5.74) is 8.11. The lowest BCUT2D eigenvalue weighted by Gasteiger charge is -2.27. The minimum absolute atomic E-state index is 0.201. The predicted octanol–water partition coefficient (Wildman–Crippen LogP) is 3.35. The third-order valence-corrected chi connectivity index (χ3v) is 4.16. The average molecular weight is 258 g/mol. The molecule has 1 aromatic carbocycles. The van der Waals surface area contributed by atoms with Gasteiger partial charge in [-0.2, -0.15) is 0 Å². The zero-order chi connectivity index (χ0) is 13.1. The highest BCUT2D eigenvalue weighted by Crippen LogP contribution is 2.27. The van der Waals surface area contributed by atoms with E-state index in [-0.39, 0.29) is 6.04 Å². The Morgan fingerprint density at radius 2 is 2.00 bits per heavy atom. The van der Waals surface area contributed by atoms with Gasteiger partial charge < -0.3 is 15.5 Å². The highest BCUT2D eigenvalue weighted by Gasteiger charge is 2.20. The van der Waals surface area contributed by atoms with Gasteiger partial charge in [0.05, 0.1) is 6.26 Å². The Labute approximate surface area is 114 Å². The third-order valence-electron chi connectivity index (χ3n) is 4.16. The second kappa shape index (κ2) is 5.76. The molecule has 0 aliphatic heterocycles. The summed E-state index contributed by atoms with van der Waals surface area (Å²) in [4.78, 5) is 0. The van der Waals surface area contributed by atoms with Gasteiger partial charge in [-0.3, -0.25) is 0 Å². The van der Waals surface area contributed by atoms with Gasteiger partial charge in [-0.15, -0.1) is 0 Å². The van der Waals surface area contributed by atoms with Crippen LogP contribution in [-0.2, 0) is 0 Å². The first-order valence-corrected chi connectivity index (χ1v) is 7.30. The van der Waals surface area contributed by atoms with Gasteiger partial charge in [0.15, 0.2) is 0 Å². The van der Waals surface area contributed by atoms with Crippen LogP contribution in [0.4, 0.5) is 0 Å². The van der Waals surface area contributed by atoms with E-state index in [1.165, 1.54) is 43.1 Å². The van der Waals surface area contributed by atoms with E-state index in [1.807, 2.05) is 18.4 Å². The molecule has 0 radical (unpaired) electrons. The van der Waals surface area contributed by atoms with E-state index in [0.717, 1.165) is 5.58 Å². The molecule has 1 aromatic heterocycles. The fraction of sp³-hybridized carbons (Fsp3) is 0.500. The van der Waals surface area contributed by atoms with Crippen molar-refractivity contribution in [2.75, 3.05) is 6.54 Å². The first-order chi connectivity index (χ1) is 9.38. The van der Waals surface area contributed by atoms with Crippen molar-refractivity contribution in [3.63, 3.8) is 0 Å². The smallest absolute Gasteiger partial charge is 0.134 e. The Morgan fingerprint density at radius 1 is 1.21 bits per heavy atom. The molecule has 1 aliphatic carbocycles. The van der Waals surface area contributed by atoms with Gasteiger partial charge in [0.1, 0.15) is 5.58 Å². The molecule has 0 spiro atoms. The topological polar surface area (TPSA) is 51.2 Å². The number of hydrogen-bond donors (Lipinski definition) is 2. The molecule has 2 aromatic rings. The molecule has 1 aliphatic rings. The largest absolute Gasteiger partial charge is 0.464 e. The van der Waals surface area contributed by atoms with Crippen LogP contribution < -0.4 is 11.1 Å². The van der Waals surface area contributed by atoms with Crippen molar-refractivity contribution in [2.45, 2.75) is 44.2 Å². The van der Waals surface area contributed by atoms with Gasteiger partial charge in [0, 0.05) is 29.6 Å². The van der Waals surface area contributed by atoms with Crippen LogP contribution in [0.1, 0.15) is 43.7 Å². The summed E-state index contributed by atoms with van der Waals surface area (Å²) in [7, 11) is 0. The molecule has 1 fully saturated rings. The van der Waals surface area contributed by atoms with Crippen LogP contribution in [0.15, 0.2) is 34.9 Å². The van der Waals surface area contributed by atoms with Gasteiger partial charge in [0.25, 0.3) is 0 Å². The van der Waals surface area contributed by atoms with Gasteiger partial charge in [-0.05, 0) is 18.9 Å². The van der Waals surface area contributed by atoms with Gasteiger partial charge in [-0.25, -0.2) is 0 Å². The van der Waals surface area contributed by atoms with Crippen molar-refractivity contribution >= 4 is 11.0 Å². The summed E-state index contributed by atoms with van der Waals surface area (Å²) in [5.74, 6) is 0. The van der Waals surface area contributed by atoms with Crippen LogP contribution in [-0.4, -0.2) is 12.6 Å². The fourth-order valence-electron chi connectivity index (χ4n) is 3.11. The van der Waals surface area contributed by atoms with Crippen LogP contribution in [0, 0.1) is 0 Å². The van der Waals surface area contributed by atoms with E-state index in [9.17, 15) is 0 Å². The average Bonchev–Trinajstić information content (AvgIpc) is 2.90. The highest BCUT2D eigenvalue weighted by atomic mass is 16.3. The molecule has 0 bridgehead atoms. The number of furan rings is 1. The van der Waals surface area contributed by atoms with Crippen molar-refractivity contribution in [2.24, 2.45) is 5.73 Å². The maximum atomic E-state index is 5.97. The molecule has 3 nitrogen and oxygen atoms in total. The van der Waals surface area contributed by atoms with Crippen molar-refractivity contribution in [3.05, 3.63) is 36.1 Å². The lowest BCUT2D eigenvalue weighted by Crippen LogP contribution is -2.37. The molecule has 102 valence electrons. The molecule has 3 rings (SSSR count). The summed E-state index contributed by atoms with van der Waals surface area (Å²) in [5, 5.41) is 4.90. The Kier molecular flexibility index (Phi) is 3.85. The molecule has 3 N–H and O–H groups in total. The maximum absolute atomic E-state index is 5.97.